The van der Waals surface area contributed by atoms with Crippen LogP contribution in [0.25, 0.3) is 0 Å². The Morgan fingerprint density at radius 2 is 1.78 bits per heavy atom. The van der Waals surface area contributed by atoms with Crippen molar-refractivity contribution in [2.45, 2.75) is 6.92 Å². The van der Waals surface area contributed by atoms with Gasteiger partial charge in [0.2, 0.25) is 5.75 Å². The van der Waals surface area contributed by atoms with Crippen molar-refractivity contribution in [1.29, 1.82) is 0 Å². The number of carbonyl (C=O) groups is 2. The average molecular weight is 254 g/mol. The molecule has 0 heterocycles. The van der Waals surface area contributed by atoms with Crippen LogP contribution in [0.5, 0.6) is 17.2 Å². The molecule has 0 amide bonds. The first-order valence-electron chi connectivity index (χ1n) is 5.04. The SMILES string of the molecule is COC(=O)c1c(C)cc(OC=O)c(OC)c1OC. The largest absolute Gasteiger partial charge is 0.492 e. The smallest absolute Gasteiger partial charge is 0.342 e. The van der Waals surface area contributed by atoms with Gasteiger partial charge < -0.3 is 18.9 Å². The van der Waals surface area contributed by atoms with E-state index in [4.69, 9.17) is 14.2 Å². The van der Waals surface area contributed by atoms with Gasteiger partial charge in [-0.2, -0.15) is 0 Å². The fraction of sp³-hybridized carbons (Fsp3) is 0.333. The van der Waals surface area contributed by atoms with E-state index in [-0.39, 0.29) is 29.3 Å². The number of hydrogen-bond acceptors (Lipinski definition) is 6. The summed E-state index contributed by atoms with van der Waals surface area (Å²) < 4.78 is 19.7. The number of benzene rings is 1. The van der Waals surface area contributed by atoms with Crippen LogP contribution < -0.4 is 14.2 Å². The van der Waals surface area contributed by atoms with Gasteiger partial charge in [0, 0.05) is 0 Å². The van der Waals surface area contributed by atoms with Crippen LogP contribution in [-0.4, -0.2) is 33.8 Å². The fourth-order valence-corrected chi connectivity index (χ4v) is 1.62. The third-order valence-electron chi connectivity index (χ3n) is 2.37. The lowest BCUT2D eigenvalue weighted by Gasteiger charge is -2.16. The predicted octanol–water partition coefficient (Wildman–Crippen LogP) is 1.33. The summed E-state index contributed by atoms with van der Waals surface area (Å²) in [5, 5.41) is 0. The lowest BCUT2D eigenvalue weighted by Crippen LogP contribution is -2.09. The number of rotatable bonds is 5. The minimum atomic E-state index is -0.555. The Bertz CT molecular complexity index is 466. The molecule has 0 saturated heterocycles. The zero-order chi connectivity index (χ0) is 13.7. The van der Waals surface area contributed by atoms with E-state index in [0.717, 1.165) is 0 Å². The zero-order valence-corrected chi connectivity index (χ0v) is 10.6. The molecule has 0 N–H and O–H groups in total. The predicted molar refractivity (Wildman–Crippen MR) is 62.3 cm³/mol. The van der Waals surface area contributed by atoms with Crippen molar-refractivity contribution in [3.05, 3.63) is 17.2 Å². The molecular weight excluding hydrogens is 240 g/mol. The molecule has 0 unspecified atom stereocenters. The minimum absolute atomic E-state index is 0.163. The topological polar surface area (TPSA) is 71.1 Å². The van der Waals surface area contributed by atoms with E-state index in [2.05, 4.69) is 4.74 Å². The summed E-state index contributed by atoms with van der Waals surface area (Å²) in [6, 6.07) is 1.50. The van der Waals surface area contributed by atoms with Crippen molar-refractivity contribution in [1.82, 2.24) is 0 Å². The van der Waals surface area contributed by atoms with E-state index in [1.165, 1.54) is 27.4 Å². The third-order valence-corrected chi connectivity index (χ3v) is 2.37. The van der Waals surface area contributed by atoms with E-state index in [9.17, 15) is 9.59 Å². The highest BCUT2D eigenvalue weighted by molar-refractivity contribution is 5.96. The first kappa shape index (κ1) is 13.8. The van der Waals surface area contributed by atoms with Gasteiger partial charge in [0.1, 0.15) is 5.56 Å². The molecule has 1 aromatic carbocycles. The van der Waals surface area contributed by atoms with Crippen LogP contribution in [0.2, 0.25) is 0 Å². The molecule has 6 heteroatoms. The van der Waals surface area contributed by atoms with Gasteiger partial charge in [0.05, 0.1) is 21.3 Å². The number of methoxy groups -OCH3 is 3. The van der Waals surface area contributed by atoms with Crippen molar-refractivity contribution >= 4 is 12.4 Å². The van der Waals surface area contributed by atoms with Crippen LogP contribution in [-0.2, 0) is 9.53 Å². The second kappa shape index (κ2) is 5.90. The van der Waals surface area contributed by atoms with Crippen LogP contribution in [0.1, 0.15) is 15.9 Å². The Hall–Kier alpha value is -2.24. The third kappa shape index (κ3) is 2.37. The molecule has 0 atom stereocenters. The van der Waals surface area contributed by atoms with Gasteiger partial charge in [-0.1, -0.05) is 0 Å². The summed E-state index contributed by atoms with van der Waals surface area (Å²) in [6.07, 6.45) is 0. The Balaban J connectivity index is 3.54. The van der Waals surface area contributed by atoms with Crippen molar-refractivity contribution in [2.75, 3.05) is 21.3 Å². The van der Waals surface area contributed by atoms with Gasteiger partial charge in [-0.15, -0.1) is 0 Å². The summed E-state index contributed by atoms with van der Waals surface area (Å²) in [4.78, 5) is 22.1. The van der Waals surface area contributed by atoms with E-state index in [0.29, 0.717) is 5.56 Å². The maximum Gasteiger partial charge on any atom is 0.342 e. The summed E-state index contributed by atoms with van der Waals surface area (Å²) in [7, 11) is 4.03. The van der Waals surface area contributed by atoms with Crippen LogP contribution in [0.15, 0.2) is 6.07 Å². The molecule has 1 rings (SSSR count). The summed E-state index contributed by atoms with van der Waals surface area (Å²) in [6.45, 7) is 1.94. The van der Waals surface area contributed by atoms with Gasteiger partial charge in [0.15, 0.2) is 11.5 Å². The van der Waals surface area contributed by atoms with Gasteiger partial charge in [-0.3, -0.25) is 4.79 Å². The molecule has 0 fully saturated rings. The first-order valence-corrected chi connectivity index (χ1v) is 5.04. The van der Waals surface area contributed by atoms with Gasteiger partial charge in [-0.25, -0.2) is 4.79 Å². The number of carbonyl (C=O) groups excluding carboxylic acids is 2. The number of ether oxygens (including phenoxy) is 4. The van der Waals surface area contributed by atoms with E-state index in [1.807, 2.05) is 0 Å². The zero-order valence-electron chi connectivity index (χ0n) is 10.6. The van der Waals surface area contributed by atoms with Gasteiger partial charge in [-0.05, 0) is 18.6 Å². The number of esters is 1. The average Bonchev–Trinajstić information content (AvgIpc) is 2.37. The Morgan fingerprint density at radius 1 is 1.17 bits per heavy atom. The summed E-state index contributed by atoms with van der Waals surface area (Å²) >= 11 is 0. The Kier molecular flexibility index (Phi) is 4.53. The molecule has 98 valence electrons. The second-order valence-corrected chi connectivity index (χ2v) is 3.34. The molecule has 0 bridgehead atoms. The van der Waals surface area contributed by atoms with Crippen LogP contribution >= 0.6 is 0 Å². The maximum atomic E-state index is 11.7. The van der Waals surface area contributed by atoms with Gasteiger partial charge >= 0.3 is 5.97 Å². The highest BCUT2D eigenvalue weighted by Gasteiger charge is 2.24. The fourth-order valence-electron chi connectivity index (χ4n) is 1.62. The summed E-state index contributed by atoms with van der Waals surface area (Å²) in [5.74, 6) is -0.0494. The van der Waals surface area contributed by atoms with Crippen molar-refractivity contribution in [3.63, 3.8) is 0 Å². The maximum absolute atomic E-state index is 11.7. The lowest BCUT2D eigenvalue weighted by atomic mass is 10.1. The van der Waals surface area contributed by atoms with Crippen molar-refractivity contribution in [3.8, 4) is 17.2 Å². The van der Waals surface area contributed by atoms with E-state index < -0.39 is 5.97 Å². The van der Waals surface area contributed by atoms with Crippen molar-refractivity contribution in [2.24, 2.45) is 0 Å². The standard InChI is InChI=1S/C12H14O6/c1-7-5-8(18-6-13)10(15-2)11(16-3)9(7)12(14)17-4/h5-6H,1-4H3. The number of aryl methyl sites for hydroxylation is 1. The van der Waals surface area contributed by atoms with E-state index in [1.54, 1.807) is 6.92 Å². The molecule has 0 saturated carbocycles. The van der Waals surface area contributed by atoms with Crippen molar-refractivity contribution < 1.29 is 28.5 Å². The van der Waals surface area contributed by atoms with Crippen LogP contribution in [0.3, 0.4) is 0 Å². The van der Waals surface area contributed by atoms with Crippen LogP contribution in [0, 0.1) is 6.92 Å². The second-order valence-electron chi connectivity index (χ2n) is 3.34. The first-order chi connectivity index (χ1) is 8.60. The quantitative estimate of drug-likeness (QED) is 0.583. The molecule has 0 aromatic heterocycles. The molecule has 0 radical (unpaired) electrons. The highest BCUT2D eigenvalue weighted by Crippen LogP contribution is 2.41. The monoisotopic (exact) mass is 254 g/mol. The normalized spacial score (nSPS) is 9.56. The molecule has 0 aliphatic heterocycles. The Labute approximate surface area is 104 Å². The molecule has 0 spiro atoms. The van der Waals surface area contributed by atoms with Gasteiger partial charge in [0.25, 0.3) is 6.47 Å². The molecule has 0 aliphatic carbocycles. The van der Waals surface area contributed by atoms with Crippen LogP contribution in [0.4, 0.5) is 0 Å². The molecule has 0 aliphatic rings. The minimum Gasteiger partial charge on any atom is -0.492 e. The molecular formula is C12H14O6. The summed E-state index contributed by atoms with van der Waals surface area (Å²) in [5.41, 5.74) is 0.784. The molecule has 18 heavy (non-hydrogen) atoms. The lowest BCUT2D eigenvalue weighted by molar-refractivity contribution is -0.120. The Morgan fingerprint density at radius 3 is 2.22 bits per heavy atom. The molecule has 6 nitrogen and oxygen atoms in total. The van der Waals surface area contributed by atoms with E-state index >= 15 is 0 Å². The molecule has 1 aromatic rings. The highest BCUT2D eigenvalue weighted by atomic mass is 16.6. The number of hydrogen-bond donors (Lipinski definition) is 0.